The van der Waals surface area contributed by atoms with Crippen LogP contribution in [-0.2, 0) is 23.7 Å². The first kappa shape index (κ1) is 26.8. The maximum Gasteiger partial charge on any atom is 0.187 e. The van der Waals surface area contributed by atoms with E-state index in [2.05, 4.69) is 6.58 Å². The van der Waals surface area contributed by atoms with Crippen molar-refractivity contribution >= 4 is 0 Å². The van der Waals surface area contributed by atoms with Gasteiger partial charge in [-0.25, -0.2) is 0 Å². The van der Waals surface area contributed by atoms with E-state index in [4.69, 9.17) is 23.7 Å². The second-order valence-corrected chi connectivity index (χ2v) is 8.42. The molecular weight excluding hydrogens is 448 g/mol. The maximum absolute atomic E-state index is 10.7. The lowest BCUT2D eigenvalue weighted by atomic mass is 9.89. The van der Waals surface area contributed by atoms with E-state index >= 15 is 0 Å². The third-order valence-corrected chi connectivity index (χ3v) is 6.26. The molecule has 33 heavy (non-hydrogen) atoms. The molecule has 3 aliphatic rings. The van der Waals surface area contributed by atoms with Crippen LogP contribution in [0, 0.1) is 5.92 Å². The van der Waals surface area contributed by atoms with Crippen molar-refractivity contribution in [3.05, 3.63) is 12.7 Å². The lowest BCUT2D eigenvalue weighted by Gasteiger charge is -2.46. The normalized spacial score (nSPS) is 49.0. The van der Waals surface area contributed by atoms with E-state index in [0.29, 0.717) is 0 Å². The van der Waals surface area contributed by atoms with Gasteiger partial charge < -0.3 is 64.5 Å². The highest BCUT2D eigenvalue weighted by Gasteiger charge is 2.49. The maximum atomic E-state index is 10.7. The molecule has 3 rings (SSSR count). The zero-order valence-corrected chi connectivity index (χ0v) is 17.9. The largest absolute Gasteiger partial charge is 0.394 e. The van der Waals surface area contributed by atoms with Gasteiger partial charge in [0.2, 0.25) is 0 Å². The first-order valence-corrected chi connectivity index (χ1v) is 10.8. The molecule has 0 aromatic rings. The molecule has 3 fully saturated rings. The van der Waals surface area contributed by atoms with E-state index in [9.17, 15) is 40.9 Å². The minimum atomic E-state index is -1.53. The highest BCUT2D eigenvalue weighted by Crippen LogP contribution is 2.32. The second kappa shape index (κ2) is 11.8. The Balaban J connectivity index is 1.66. The topological polar surface area (TPSA) is 208 Å². The van der Waals surface area contributed by atoms with Crippen LogP contribution in [-0.4, -0.2) is 141 Å². The minimum Gasteiger partial charge on any atom is -0.394 e. The monoisotopic (exact) mass is 482 g/mol. The van der Waals surface area contributed by atoms with Gasteiger partial charge in [-0.3, -0.25) is 0 Å². The van der Waals surface area contributed by atoms with Crippen molar-refractivity contribution in [2.75, 3.05) is 26.4 Å². The van der Waals surface area contributed by atoms with Crippen LogP contribution in [0.3, 0.4) is 0 Å². The van der Waals surface area contributed by atoms with Crippen LogP contribution in [0.4, 0.5) is 0 Å². The van der Waals surface area contributed by atoms with Crippen molar-refractivity contribution < 1.29 is 64.5 Å². The Hall–Kier alpha value is -0.780. The van der Waals surface area contributed by atoms with Gasteiger partial charge in [0.05, 0.1) is 44.7 Å². The smallest absolute Gasteiger partial charge is 0.187 e. The first-order valence-electron chi connectivity index (χ1n) is 10.8. The fourth-order valence-corrected chi connectivity index (χ4v) is 4.35. The number of ether oxygens (including phenoxy) is 5. The van der Waals surface area contributed by atoms with E-state index in [0.717, 1.165) is 0 Å². The van der Waals surface area contributed by atoms with Gasteiger partial charge >= 0.3 is 0 Å². The van der Waals surface area contributed by atoms with Crippen molar-refractivity contribution in [3.8, 4) is 0 Å². The molecule has 13 heteroatoms. The van der Waals surface area contributed by atoms with Crippen molar-refractivity contribution in [2.45, 2.75) is 80.0 Å². The molecule has 0 amide bonds. The summed E-state index contributed by atoms with van der Waals surface area (Å²) in [5, 5.41) is 80.2. The second-order valence-electron chi connectivity index (χ2n) is 8.42. The van der Waals surface area contributed by atoms with Crippen LogP contribution in [0.5, 0.6) is 0 Å². The molecule has 0 bridgehead atoms. The molecule has 8 N–H and O–H groups in total. The SMILES string of the molecule is C=C[C@H]1[C@H](O)[C@@H](O)[C@@H](O[C@H]2[C@H](O)C[C@@H](O[C@H]3[C@H](O)[C@@H](O)CO[C@@H]3CO)O[C@@H]2CO)O[C@@H]1CO. The zero-order chi connectivity index (χ0) is 24.3. The minimum absolute atomic E-state index is 0.188. The van der Waals surface area contributed by atoms with E-state index in [-0.39, 0.29) is 13.0 Å². The average Bonchev–Trinajstić information content (AvgIpc) is 2.81. The molecule has 0 aliphatic carbocycles. The Kier molecular flexibility index (Phi) is 9.56. The molecule has 13 nitrogen and oxygen atoms in total. The number of aliphatic hydroxyl groups excluding tert-OH is 8. The first-order chi connectivity index (χ1) is 15.7. The van der Waals surface area contributed by atoms with Crippen LogP contribution in [0.15, 0.2) is 12.7 Å². The van der Waals surface area contributed by atoms with Crippen LogP contribution in [0.1, 0.15) is 6.42 Å². The third-order valence-electron chi connectivity index (χ3n) is 6.26. The molecule has 3 heterocycles. The number of aliphatic hydroxyl groups is 8. The Bertz CT molecular complexity index is 619. The third kappa shape index (κ3) is 5.73. The van der Waals surface area contributed by atoms with Crippen LogP contribution < -0.4 is 0 Å². The van der Waals surface area contributed by atoms with Crippen LogP contribution in [0.25, 0.3) is 0 Å². The van der Waals surface area contributed by atoms with E-state index in [1.807, 2.05) is 0 Å². The summed E-state index contributed by atoms with van der Waals surface area (Å²) >= 11 is 0. The number of hydrogen-bond acceptors (Lipinski definition) is 13. The van der Waals surface area contributed by atoms with Gasteiger partial charge in [-0.1, -0.05) is 6.08 Å². The van der Waals surface area contributed by atoms with Crippen molar-refractivity contribution in [2.24, 2.45) is 5.92 Å². The molecular formula is C20H34O13. The highest BCUT2D eigenvalue weighted by atomic mass is 16.7. The molecule has 0 unspecified atom stereocenters. The van der Waals surface area contributed by atoms with Crippen molar-refractivity contribution in [1.29, 1.82) is 0 Å². The molecule has 0 aromatic heterocycles. The van der Waals surface area contributed by atoms with Gasteiger partial charge in [0, 0.05) is 12.3 Å². The Morgan fingerprint density at radius 1 is 0.758 bits per heavy atom. The fraction of sp³-hybridized carbons (Fsp3) is 0.900. The molecule has 3 aliphatic heterocycles. The quantitative estimate of drug-likeness (QED) is 0.154. The van der Waals surface area contributed by atoms with Gasteiger partial charge in [0.25, 0.3) is 0 Å². The number of hydrogen-bond donors (Lipinski definition) is 8. The summed E-state index contributed by atoms with van der Waals surface area (Å²) < 4.78 is 27.7. The average molecular weight is 482 g/mol. The predicted molar refractivity (Wildman–Crippen MR) is 106 cm³/mol. The predicted octanol–water partition coefficient (Wildman–Crippen LogP) is -4.42. The summed E-state index contributed by atoms with van der Waals surface area (Å²) in [5.74, 6) is -0.747. The summed E-state index contributed by atoms with van der Waals surface area (Å²) in [6.07, 6.45) is -13.6. The Morgan fingerprint density at radius 2 is 1.42 bits per heavy atom. The molecule has 0 spiro atoms. The molecule has 3 saturated heterocycles. The van der Waals surface area contributed by atoms with Crippen LogP contribution >= 0.6 is 0 Å². The molecule has 0 radical (unpaired) electrons. The van der Waals surface area contributed by atoms with Gasteiger partial charge in [-0.15, -0.1) is 6.58 Å². The summed E-state index contributed by atoms with van der Waals surface area (Å²) in [6, 6.07) is 0. The highest BCUT2D eigenvalue weighted by molar-refractivity contribution is 4.98. The molecule has 0 saturated carbocycles. The molecule has 13 atom stereocenters. The van der Waals surface area contributed by atoms with E-state index < -0.39 is 99.4 Å². The van der Waals surface area contributed by atoms with E-state index in [1.165, 1.54) is 6.08 Å². The van der Waals surface area contributed by atoms with Gasteiger partial charge in [0.15, 0.2) is 12.6 Å². The van der Waals surface area contributed by atoms with Crippen molar-refractivity contribution in [1.82, 2.24) is 0 Å². The molecule has 192 valence electrons. The standard InChI is InChI=1S/C20H34O13/c1-2-8-11(4-21)31-20(17(28)15(8)26)33-18-9(24)3-14(30-13(18)6-23)32-19-12(5-22)29-7-10(25)16(19)27/h2,8-28H,1,3-7H2/t8-,9-,10+,11-,12-,13-,14-,15+,16-,17-,18+,19-,20-/m1/s1. The molecule has 0 aromatic carbocycles. The fourth-order valence-electron chi connectivity index (χ4n) is 4.35. The zero-order valence-electron chi connectivity index (χ0n) is 17.9. The van der Waals surface area contributed by atoms with E-state index in [1.54, 1.807) is 0 Å². The lowest BCUT2D eigenvalue weighted by molar-refractivity contribution is -0.347. The van der Waals surface area contributed by atoms with Gasteiger partial charge in [-0.2, -0.15) is 0 Å². The lowest BCUT2D eigenvalue weighted by Crippen LogP contribution is -2.61. The summed E-state index contributed by atoms with van der Waals surface area (Å²) in [4.78, 5) is 0. The van der Waals surface area contributed by atoms with Gasteiger partial charge in [-0.05, 0) is 0 Å². The summed E-state index contributed by atoms with van der Waals surface area (Å²) in [6.45, 7) is 1.77. The Morgan fingerprint density at radius 3 is 2.03 bits per heavy atom. The summed E-state index contributed by atoms with van der Waals surface area (Å²) in [7, 11) is 0. The number of rotatable bonds is 8. The summed E-state index contributed by atoms with van der Waals surface area (Å²) in [5.41, 5.74) is 0. The van der Waals surface area contributed by atoms with Crippen LogP contribution in [0.2, 0.25) is 0 Å². The van der Waals surface area contributed by atoms with Crippen molar-refractivity contribution in [3.63, 3.8) is 0 Å². The van der Waals surface area contributed by atoms with Gasteiger partial charge in [0.1, 0.15) is 42.7 Å². The Labute approximate surface area is 190 Å².